The number of ether oxygens (including phenoxy) is 4. The lowest BCUT2D eigenvalue weighted by Crippen LogP contribution is -2.60. The normalized spacial score (nSPS) is 23.4. The Bertz CT molecular complexity index is 863. The Hall–Kier alpha value is -2.59. The monoisotopic (exact) mass is 523 g/mol. The maximum Gasteiger partial charge on any atom is 0.306 e. The highest BCUT2D eigenvalue weighted by molar-refractivity contribution is 7.99. The van der Waals surface area contributed by atoms with Gasteiger partial charge in [0.1, 0.15) is 30.9 Å². The summed E-state index contributed by atoms with van der Waals surface area (Å²) < 4.78 is 22.1. The second kappa shape index (κ2) is 15.5. The zero-order valence-corrected chi connectivity index (χ0v) is 22.2. The summed E-state index contributed by atoms with van der Waals surface area (Å²) in [6.07, 6.45) is 1.45. The summed E-state index contributed by atoms with van der Waals surface area (Å²) in [6.45, 7) is 6.15. The van der Waals surface area contributed by atoms with E-state index in [1.807, 2.05) is 37.3 Å². The number of esters is 3. The first-order valence-corrected chi connectivity index (χ1v) is 13.3. The van der Waals surface area contributed by atoms with E-state index in [0.29, 0.717) is 6.42 Å². The van der Waals surface area contributed by atoms with E-state index in [0.717, 1.165) is 30.6 Å². The molecule has 0 bridgehead atoms. The van der Waals surface area contributed by atoms with Crippen LogP contribution in [0.25, 0.3) is 0 Å². The molecule has 10 heteroatoms. The fourth-order valence-electron chi connectivity index (χ4n) is 3.97. The van der Waals surface area contributed by atoms with E-state index in [1.165, 1.54) is 20.8 Å². The lowest BCUT2D eigenvalue weighted by molar-refractivity contribution is -0.187. The van der Waals surface area contributed by atoms with Gasteiger partial charge in [0.15, 0.2) is 0 Å². The number of rotatable bonds is 13. The molecule has 1 aromatic rings. The number of hydrogen-bond donors (Lipinski definition) is 1. The van der Waals surface area contributed by atoms with Gasteiger partial charge in [-0.1, -0.05) is 43.7 Å². The van der Waals surface area contributed by atoms with Gasteiger partial charge in [-0.3, -0.25) is 19.2 Å². The zero-order valence-electron chi connectivity index (χ0n) is 21.4. The quantitative estimate of drug-likeness (QED) is 0.236. The second-order valence-electron chi connectivity index (χ2n) is 8.83. The standard InChI is InChI=1S/C26H37NO8S/c1-17-24(27-18(2)28)26(35-22(16-32-19(3)29)25(17)34-20(4)30)36-14-10-6-9-13-23(31)33-15-21-11-7-5-8-12-21/h5,7-8,11-12,17,22,24-26H,6,9-10,13-16H2,1-4H3,(H,27,28). The van der Waals surface area contributed by atoms with Crippen molar-refractivity contribution in [1.82, 2.24) is 5.32 Å². The van der Waals surface area contributed by atoms with E-state index < -0.39 is 35.6 Å². The van der Waals surface area contributed by atoms with Gasteiger partial charge in [-0.05, 0) is 24.2 Å². The molecule has 9 nitrogen and oxygen atoms in total. The van der Waals surface area contributed by atoms with Crippen molar-refractivity contribution in [1.29, 1.82) is 0 Å². The second-order valence-corrected chi connectivity index (χ2v) is 10.0. The number of hydrogen-bond acceptors (Lipinski definition) is 9. The van der Waals surface area contributed by atoms with E-state index in [-0.39, 0.29) is 31.0 Å². The maximum absolute atomic E-state index is 12.0. The third-order valence-corrected chi connectivity index (χ3v) is 6.98. The minimum Gasteiger partial charge on any atom is -0.463 e. The third-order valence-electron chi connectivity index (χ3n) is 5.73. The lowest BCUT2D eigenvalue weighted by atomic mass is 9.89. The molecule has 1 aromatic carbocycles. The number of carbonyl (C=O) groups excluding carboxylic acids is 4. The molecule has 1 aliphatic rings. The Kier molecular flexibility index (Phi) is 12.8. The van der Waals surface area contributed by atoms with Crippen LogP contribution in [0.15, 0.2) is 30.3 Å². The molecule has 2 rings (SSSR count). The molecular weight excluding hydrogens is 486 g/mol. The highest BCUT2D eigenvalue weighted by Gasteiger charge is 2.46. The number of carbonyl (C=O) groups is 4. The van der Waals surface area contributed by atoms with Crippen molar-refractivity contribution in [3.05, 3.63) is 35.9 Å². The fraction of sp³-hybridized carbons (Fsp3) is 0.615. The van der Waals surface area contributed by atoms with Gasteiger partial charge in [0.05, 0.1) is 6.04 Å². The van der Waals surface area contributed by atoms with Crippen molar-refractivity contribution in [2.75, 3.05) is 12.4 Å². The Morgan fingerprint density at radius 1 is 0.972 bits per heavy atom. The predicted octanol–water partition coefficient (Wildman–Crippen LogP) is 3.38. The molecule has 5 atom stereocenters. The summed E-state index contributed by atoms with van der Waals surface area (Å²) >= 11 is 1.54. The molecule has 1 aliphatic heterocycles. The molecule has 1 heterocycles. The van der Waals surface area contributed by atoms with Gasteiger partial charge in [0.25, 0.3) is 0 Å². The summed E-state index contributed by atoms with van der Waals surface area (Å²) in [5.74, 6) is -0.877. The summed E-state index contributed by atoms with van der Waals surface area (Å²) in [5, 5.41) is 2.92. The molecule has 5 unspecified atom stereocenters. The number of thioether (sulfide) groups is 1. The SMILES string of the molecule is CC(=O)NC1C(SCCCCCC(=O)OCc2ccccc2)OC(COC(C)=O)C(OC(C)=O)C1C. The summed E-state index contributed by atoms with van der Waals surface area (Å²) in [4.78, 5) is 46.8. The van der Waals surface area contributed by atoms with Gasteiger partial charge in [-0.25, -0.2) is 0 Å². The Labute approximate surface area is 216 Å². The molecule has 1 N–H and O–H groups in total. The van der Waals surface area contributed by atoms with Crippen LogP contribution in [0.1, 0.15) is 58.9 Å². The van der Waals surface area contributed by atoms with Crippen molar-refractivity contribution in [2.24, 2.45) is 5.92 Å². The molecule has 200 valence electrons. The van der Waals surface area contributed by atoms with Gasteiger partial charge >= 0.3 is 17.9 Å². The van der Waals surface area contributed by atoms with Crippen LogP contribution < -0.4 is 5.32 Å². The van der Waals surface area contributed by atoms with Gasteiger partial charge in [-0.15, -0.1) is 11.8 Å². The summed E-state index contributed by atoms with van der Waals surface area (Å²) in [6, 6.07) is 9.17. The first kappa shape index (κ1) is 29.6. The van der Waals surface area contributed by atoms with E-state index in [4.69, 9.17) is 18.9 Å². The smallest absolute Gasteiger partial charge is 0.306 e. The van der Waals surface area contributed by atoms with Crippen LogP contribution in [0.3, 0.4) is 0 Å². The predicted molar refractivity (Wildman–Crippen MR) is 135 cm³/mol. The van der Waals surface area contributed by atoms with Crippen molar-refractivity contribution < 1.29 is 38.1 Å². The van der Waals surface area contributed by atoms with E-state index in [2.05, 4.69) is 5.32 Å². The van der Waals surface area contributed by atoms with Gasteiger partial charge < -0.3 is 24.3 Å². The number of nitrogens with one attached hydrogen (secondary N) is 1. The Morgan fingerprint density at radius 2 is 1.69 bits per heavy atom. The molecule has 0 saturated carbocycles. The maximum atomic E-state index is 12.0. The van der Waals surface area contributed by atoms with Crippen molar-refractivity contribution in [2.45, 2.75) is 83.7 Å². The summed E-state index contributed by atoms with van der Waals surface area (Å²) in [7, 11) is 0. The van der Waals surface area contributed by atoms with Crippen molar-refractivity contribution in [3.8, 4) is 0 Å². The third kappa shape index (κ3) is 10.6. The lowest BCUT2D eigenvalue weighted by Gasteiger charge is -2.44. The van der Waals surface area contributed by atoms with Crippen LogP contribution >= 0.6 is 11.8 Å². The first-order chi connectivity index (χ1) is 17.2. The van der Waals surface area contributed by atoms with E-state index >= 15 is 0 Å². The van der Waals surface area contributed by atoms with Crippen LogP contribution in [-0.2, 0) is 44.7 Å². The van der Waals surface area contributed by atoms with Crippen LogP contribution in [0.5, 0.6) is 0 Å². The molecule has 36 heavy (non-hydrogen) atoms. The summed E-state index contributed by atoms with van der Waals surface area (Å²) in [5.41, 5.74) is 0.549. The van der Waals surface area contributed by atoms with Gasteiger partial charge in [0.2, 0.25) is 5.91 Å². The van der Waals surface area contributed by atoms with Gasteiger partial charge in [-0.2, -0.15) is 0 Å². The average molecular weight is 524 g/mol. The molecule has 0 spiro atoms. The van der Waals surface area contributed by atoms with E-state index in [1.54, 1.807) is 11.8 Å². The molecule has 1 amide bonds. The Morgan fingerprint density at radius 3 is 2.33 bits per heavy atom. The topological polar surface area (TPSA) is 117 Å². The molecule has 0 aliphatic carbocycles. The van der Waals surface area contributed by atoms with Crippen molar-refractivity contribution >= 4 is 35.6 Å². The number of benzene rings is 1. The molecule has 1 saturated heterocycles. The van der Waals surface area contributed by atoms with Crippen LogP contribution in [0, 0.1) is 5.92 Å². The minimum absolute atomic E-state index is 0.0490. The number of unbranched alkanes of at least 4 members (excludes halogenated alkanes) is 2. The Balaban J connectivity index is 1.83. The zero-order chi connectivity index (χ0) is 26.5. The van der Waals surface area contributed by atoms with Crippen LogP contribution in [0.4, 0.5) is 0 Å². The molecular formula is C26H37NO8S. The average Bonchev–Trinajstić information content (AvgIpc) is 2.82. The highest BCUT2D eigenvalue weighted by atomic mass is 32.2. The van der Waals surface area contributed by atoms with E-state index in [9.17, 15) is 19.2 Å². The molecule has 0 radical (unpaired) electrons. The first-order valence-electron chi connectivity index (χ1n) is 12.2. The molecule has 1 fully saturated rings. The minimum atomic E-state index is -0.669. The highest BCUT2D eigenvalue weighted by Crippen LogP contribution is 2.34. The van der Waals surface area contributed by atoms with Crippen molar-refractivity contribution in [3.63, 3.8) is 0 Å². The van der Waals surface area contributed by atoms with Crippen LogP contribution in [0.2, 0.25) is 0 Å². The van der Waals surface area contributed by atoms with Gasteiger partial charge in [0, 0.05) is 33.1 Å². The van der Waals surface area contributed by atoms with Crippen LogP contribution in [-0.4, -0.2) is 59.9 Å². The molecule has 0 aromatic heterocycles. The largest absolute Gasteiger partial charge is 0.463 e. The fourth-order valence-corrected chi connectivity index (χ4v) is 5.32. The number of amides is 1.